The van der Waals surface area contributed by atoms with E-state index in [1.807, 2.05) is 30.3 Å². The second kappa shape index (κ2) is 8.58. The molecule has 1 amide bonds. The lowest BCUT2D eigenvalue weighted by atomic mass is 9.70. The number of anilines is 1. The normalized spacial score (nSPS) is 17.4. The van der Waals surface area contributed by atoms with E-state index >= 15 is 0 Å². The van der Waals surface area contributed by atoms with Gasteiger partial charge in [-0.1, -0.05) is 60.6 Å². The smallest absolute Gasteiger partial charge is 0.278 e. The molecule has 2 heterocycles. The van der Waals surface area contributed by atoms with Gasteiger partial charge in [0.05, 0.1) is 25.5 Å². The number of carbonyl (C=O) groups is 1. The van der Waals surface area contributed by atoms with Gasteiger partial charge in [-0.15, -0.1) is 0 Å². The molecule has 4 aromatic rings. The quantitative estimate of drug-likeness (QED) is 0.471. The summed E-state index contributed by atoms with van der Waals surface area (Å²) in [6.45, 7) is 2.77. The van der Waals surface area contributed by atoms with E-state index in [9.17, 15) is 4.79 Å². The van der Waals surface area contributed by atoms with Gasteiger partial charge in [0.2, 0.25) is 0 Å². The minimum Gasteiger partial charge on any atom is -0.496 e. The number of carbonyl (C=O) groups excluding carboxylic acids is 1. The molecule has 0 spiro atoms. The summed E-state index contributed by atoms with van der Waals surface area (Å²) in [4.78, 5) is 13.1. The van der Waals surface area contributed by atoms with E-state index in [1.165, 1.54) is 5.56 Å². The minimum atomic E-state index is -0.283. The summed E-state index contributed by atoms with van der Waals surface area (Å²) < 4.78 is 12.7. The van der Waals surface area contributed by atoms with Gasteiger partial charge >= 0.3 is 0 Å². The Balaban J connectivity index is 1.32. The Hall–Kier alpha value is -3.87. The van der Waals surface area contributed by atoms with Crippen LogP contribution in [0.15, 0.2) is 71.5 Å². The van der Waals surface area contributed by atoms with Gasteiger partial charge < -0.3 is 14.6 Å². The number of methoxy groups -OCH3 is 1. The fourth-order valence-electron chi connectivity index (χ4n) is 4.57. The number of nitrogens with zero attached hydrogens (tertiary/aromatic N) is 3. The lowest BCUT2D eigenvalue weighted by Crippen LogP contribution is -2.31. The van der Waals surface area contributed by atoms with Crippen molar-refractivity contribution in [3.63, 3.8) is 0 Å². The first-order valence-corrected chi connectivity index (χ1v) is 11.0. The second-order valence-corrected chi connectivity index (χ2v) is 8.73. The van der Waals surface area contributed by atoms with Crippen LogP contribution in [-0.4, -0.2) is 28.0 Å². The second-order valence-electron chi connectivity index (χ2n) is 8.73. The molecule has 0 saturated heterocycles. The molecule has 1 atom stereocenters. The minimum absolute atomic E-state index is 0.0610. The summed E-state index contributed by atoms with van der Waals surface area (Å²) in [6.07, 6.45) is 5.86. The van der Waals surface area contributed by atoms with Gasteiger partial charge in [-0.05, 0) is 29.9 Å². The van der Waals surface area contributed by atoms with Crippen molar-refractivity contribution < 1.29 is 14.1 Å². The Bertz CT molecular complexity index is 1280. The van der Waals surface area contributed by atoms with E-state index in [0.29, 0.717) is 24.3 Å². The molecule has 7 heteroatoms. The molecule has 1 unspecified atom stereocenters. The molecule has 1 aliphatic carbocycles. The van der Waals surface area contributed by atoms with Crippen molar-refractivity contribution in [1.29, 1.82) is 0 Å². The van der Waals surface area contributed by atoms with Crippen LogP contribution < -0.4 is 10.1 Å². The number of rotatable bonds is 6. The standard InChI is InChI=1S/C26H26N4O3/c1-26(19-9-4-3-5-10-19)13-12-23-21(14-26)24(29-33-23)25(31)28-20-15-27-30(17-20)16-18-8-6-7-11-22(18)32-2/h3-11,15,17H,12-14,16H2,1-2H3,(H,28,31). The third kappa shape index (κ3) is 4.14. The summed E-state index contributed by atoms with van der Waals surface area (Å²) in [5, 5.41) is 11.4. The molecule has 7 nitrogen and oxygen atoms in total. The highest BCUT2D eigenvalue weighted by Crippen LogP contribution is 2.39. The van der Waals surface area contributed by atoms with Crippen LogP contribution in [-0.2, 0) is 24.8 Å². The summed E-state index contributed by atoms with van der Waals surface area (Å²) >= 11 is 0. The molecule has 33 heavy (non-hydrogen) atoms. The van der Waals surface area contributed by atoms with E-state index in [0.717, 1.165) is 35.5 Å². The van der Waals surface area contributed by atoms with Crippen molar-refractivity contribution in [2.24, 2.45) is 0 Å². The first-order chi connectivity index (χ1) is 16.1. The van der Waals surface area contributed by atoms with E-state index < -0.39 is 0 Å². The Morgan fingerprint density at radius 3 is 2.79 bits per heavy atom. The largest absolute Gasteiger partial charge is 0.496 e. The zero-order chi connectivity index (χ0) is 22.8. The van der Waals surface area contributed by atoms with Crippen LogP contribution in [0, 0.1) is 0 Å². The maximum atomic E-state index is 13.1. The number of nitrogens with one attached hydrogen (secondary N) is 1. The third-order valence-corrected chi connectivity index (χ3v) is 6.44. The van der Waals surface area contributed by atoms with Crippen LogP contribution in [0.5, 0.6) is 5.75 Å². The predicted octanol–water partition coefficient (Wildman–Crippen LogP) is 4.63. The third-order valence-electron chi connectivity index (χ3n) is 6.44. The number of hydrogen-bond donors (Lipinski definition) is 1. The van der Waals surface area contributed by atoms with E-state index in [1.54, 1.807) is 24.2 Å². The zero-order valence-corrected chi connectivity index (χ0v) is 18.7. The predicted molar refractivity (Wildman–Crippen MR) is 125 cm³/mol. The molecule has 0 radical (unpaired) electrons. The molecular formula is C26H26N4O3. The maximum absolute atomic E-state index is 13.1. The van der Waals surface area contributed by atoms with Gasteiger partial charge in [0, 0.05) is 23.7 Å². The number of benzene rings is 2. The Morgan fingerprint density at radius 1 is 1.18 bits per heavy atom. The number of ether oxygens (including phenoxy) is 1. The lowest BCUT2D eigenvalue weighted by Gasteiger charge is -2.33. The summed E-state index contributed by atoms with van der Waals surface area (Å²) in [5.74, 6) is 1.32. The SMILES string of the molecule is COc1ccccc1Cn1cc(NC(=O)c2noc3c2CC(C)(c2ccccc2)CC3)cn1. The highest BCUT2D eigenvalue weighted by Gasteiger charge is 2.37. The van der Waals surface area contributed by atoms with Crippen LogP contribution in [0.2, 0.25) is 0 Å². The fraction of sp³-hybridized carbons (Fsp3) is 0.269. The van der Waals surface area contributed by atoms with E-state index in [-0.39, 0.29) is 11.3 Å². The monoisotopic (exact) mass is 442 g/mol. The van der Waals surface area contributed by atoms with Crippen molar-refractivity contribution in [3.8, 4) is 5.75 Å². The Kier molecular flexibility index (Phi) is 5.46. The van der Waals surface area contributed by atoms with Crippen molar-refractivity contribution >= 4 is 11.6 Å². The number of hydrogen-bond acceptors (Lipinski definition) is 5. The van der Waals surface area contributed by atoms with Gasteiger partial charge in [-0.25, -0.2) is 0 Å². The molecule has 5 rings (SSSR count). The Morgan fingerprint density at radius 2 is 1.97 bits per heavy atom. The molecule has 168 valence electrons. The van der Waals surface area contributed by atoms with Crippen molar-refractivity contribution in [2.45, 2.75) is 38.1 Å². The van der Waals surface area contributed by atoms with E-state index in [4.69, 9.17) is 9.26 Å². The number of aryl methyl sites for hydroxylation is 1. The van der Waals surface area contributed by atoms with Crippen molar-refractivity contribution in [3.05, 3.63) is 95.1 Å². The molecule has 1 aliphatic rings. The van der Waals surface area contributed by atoms with Crippen LogP contribution in [0.1, 0.15) is 46.3 Å². The first kappa shape index (κ1) is 21.0. The number of fused-ring (bicyclic) bond motifs is 1. The molecule has 0 aliphatic heterocycles. The van der Waals surface area contributed by atoms with Crippen LogP contribution in [0.25, 0.3) is 0 Å². The number of amides is 1. The summed E-state index contributed by atoms with van der Waals surface area (Å²) in [6, 6.07) is 18.2. The highest BCUT2D eigenvalue weighted by atomic mass is 16.5. The summed E-state index contributed by atoms with van der Waals surface area (Å²) in [7, 11) is 1.65. The average molecular weight is 443 g/mol. The van der Waals surface area contributed by atoms with Gasteiger partial charge in [0.1, 0.15) is 11.5 Å². The van der Waals surface area contributed by atoms with Crippen LogP contribution in [0.3, 0.4) is 0 Å². The van der Waals surface area contributed by atoms with Crippen LogP contribution in [0.4, 0.5) is 5.69 Å². The van der Waals surface area contributed by atoms with Gasteiger partial charge in [-0.3, -0.25) is 9.48 Å². The first-order valence-electron chi connectivity index (χ1n) is 11.0. The Labute approximate surface area is 192 Å². The molecule has 0 bridgehead atoms. The van der Waals surface area contributed by atoms with E-state index in [2.05, 4.69) is 46.8 Å². The fourth-order valence-corrected chi connectivity index (χ4v) is 4.57. The van der Waals surface area contributed by atoms with Crippen LogP contribution >= 0.6 is 0 Å². The lowest BCUT2D eigenvalue weighted by molar-refractivity contribution is 0.101. The molecular weight excluding hydrogens is 416 g/mol. The zero-order valence-electron chi connectivity index (χ0n) is 18.7. The van der Waals surface area contributed by atoms with Gasteiger partial charge in [0.25, 0.3) is 5.91 Å². The maximum Gasteiger partial charge on any atom is 0.278 e. The topological polar surface area (TPSA) is 82.2 Å². The van der Waals surface area contributed by atoms with Crippen molar-refractivity contribution in [2.75, 3.05) is 12.4 Å². The molecule has 0 saturated carbocycles. The molecule has 0 fully saturated rings. The number of aromatic nitrogens is 3. The molecule has 2 aromatic carbocycles. The highest BCUT2D eigenvalue weighted by molar-refractivity contribution is 6.03. The molecule has 2 aromatic heterocycles. The molecule has 1 N–H and O–H groups in total. The van der Waals surface area contributed by atoms with Crippen molar-refractivity contribution in [1.82, 2.24) is 14.9 Å². The number of para-hydroxylation sites is 1. The van der Waals surface area contributed by atoms with Gasteiger partial charge in [-0.2, -0.15) is 5.10 Å². The van der Waals surface area contributed by atoms with Gasteiger partial charge in [0.15, 0.2) is 5.69 Å². The average Bonchev–Trinajstić information content (AvgIpc) is 3.46. The summed E-state index contributed by atoms with van der Waals surface area (Å²) in [5.41, 5.74) is 4.06.